The van der Waals surface area contributed by atoms with Crippen LogP contribution in [0.3, 0.4) is 0 Å². The van der Waals surface area contributed by atoms with Crippen molar-refractivity contribution in [1.82, 2.24) is 9.88 Å². The van der Waals surface area contributed by atoms with E-state index in [0.29, 0.717) is 0 Å². The summed E-state index contributed by atoms with van der Waals surface area (Å²) in [5, 5.41) is 2.99. The summed E-state index contributed by atoms with van der Waals surface area (Å²) in [5.41, 5.74) is 2.05. The minimum atomic E-state index is 0.0600. The van der Waals surface area contributed by atoms with Crippen LogP contribution >= 0.6 is 11.3 Å². The Morgan fingerprint density at radius 3 is 2.62 bits per heavy atom. The van der Waals surface area contributed by atoms with Gasteiger partial charge in [0.15, 0.2) is 0 Å². The number of rotatable bonds is 8. The van der Waals surface area contributed by atoms with Crippen LogP contribution in [0.1, 0.15) is 55.4 Å². The predicted octanol–water partition coefficient (Wildman–Crippen LogP) is 5.24. The maximum absolute atomic E-state index is 12.8. The summed E-state index contributed by atoms with van der Waals surface area (Å²) in [6.07, 6.45) is 6.48. The standard InChI is InChI=1S/C20H26N2OS/c1-4-6-14-22(19(5-2)17-10-8-7-9-11-17)20(23)13-12-18-15-24-16(3)21-18/h7-13,15,19H,4-6,14H2,1-3H3. The van der Waals surface area contributed by atoms with E-state index in [1.165, 1.54) is 5.56 Å². The summed E-state index contributed by atoms with van der Waals surface area (Å²) in [6.45, 7) is 7.04. The van der Waals surface area contributed by atoms with Gasteiger partial charge in [-0.15, -0.1) is 11.3 Å². The minimum absolute atomic E-state index is 0.0600. The van der Waals surface area contributed by atoms with E-state index in [9.17, 15) is 4.79 Å². The number of benzene rings is 1. The summed E-state index contributed by atoms with van der Waals surface area (Å²) in [5.74, 6) is 0.0600. The molecule has 0 fully saturated rings. The van der Waals surface area contributed by atoms with Crippen molar-refractivity contribution in [2.24, 2.45) is 0 Å². The smallest absolute Gasteiger partial charge is 0.247 e. The molecule has 0 aliphatic heterocycles. The van der Waals surface area contributed by atoms with E-state index in [1.54, 1.807) is 17.4 Å². The summed E-state index contributed by atoms with van der Waals surface area (Å²) < 4.78 is 0. The Kier molecular flexibility index (Phi) is 7.19. The van der Waals surface area contributed by atoms with Crippen LogP contribution in [-0.2, 0) is 4.79 Å². The highest BCUT2D eigenvalue weighted by atomic mass is 32.1. The van der Waals surface area contributed by atoms with Crippen molar-refractivity contribution < 1.29 is 4.79 Å². The first-order valence-electron chi connectivity index (χ1n) is 8.61. The SMILES string of the molecule is CCCCN(C(=O)C=Cc1csc(C)n1)C(CC)c1ccccc1. The molecular formula is C20H26N2OS. The molecule has 0 aliphatic rings. The molecule has 0 N–H and O–H groups in total. The predicted molar refractivity (Wildman–Crippen MR) is 102 cm³/mol. The number of thiazole rings is 1. The third-order valence-corrected chi connectivity index (χ3v) is 4.81. The van der Waals surface area contributed by atoms with Gasteiger partial charge in [0.25, 0.3) is 0 Å². The van der Waals surface area contributed by atoms with Gasteiger partial charge in [-0.25, -0.2) is 4.98 Å². The molecule has 0 saturated carbocycles. The molecule has 1 aromatic carbocycles. The topological polar surface area (TPSA) is 33.2 Å². The van der Waals surface area contributed by atoms with Crippen molar-refractivity contribution in [2.75, 3.05) is 6.54 Å². The molecule has 0 radical (unpaired) electrons. The molecule has 128 valence electrons. The zero-order valence-corrected chi connectivity index (χ0v) is 15.6. The van der Waals surface area contributed by atoms with Gasteiger partial charge in [0, 0.05) is 18.0 Å². The van der Waals surface area contributed by atoms with Gasteiger partial charge in [0.1, 0.15) is 0 Å². The lowest BCUT2D eigenvalue weighted by Crippen LogP contribution is -2.34. The molecule has 0 aliphatic carbocycles. The maximum atomic E-state index is 12.8. The Hall–Kier alpha value is -1.94. The fraction of sp³-hybridized carbons (Fsp3) is 0.400. The van der Waals surface area contributed by atoms with Gasteiger partial charge >= 0.3 is 0 Å². The maximum Gasteiger partial charge on any atom is 0.247 e. The molecule has 1 atom stereocenters. The highest BCUT2D eigenvalue weighted by Crippen LogP contribution is 2.25. The number of unbranched alkanes of at least 4 members (excludes halogenated alkanes) is 1. The number of carbonyl (C=O) groups excluding carboxylic acids is 1. The summed E-state index contributed by atoms with van der Waals surface area (Å²) in [6, 6.07) is 10.4. The number of amides is 1. The molecular weight excluding hydrogens is 316 g/mol. The second kappa shape index (κ2) is 9.38. The highest BCUT2D eigenvalue weighted by molar-refractivity contribution is 7.09. The zero-order valence-electron chi connectivity index (χ0n) is 14.7. The number of hydrogen-bond acceptors (Lipinski definition) is 3. The molecule has 0 spiro atoms. The van der Waals surface area contributed by atoms with E-state index in [4.69, 9.17) is 0 Å². The number of aryl methyl sites for hydroxylation is 1. The van der Waals surface area contributed by atoms with Crippen LogP contribution in [-0.4, -0.2) is 22.3 Å². The van der Waals surface area contributed by atoms with Crippen molar-refractivity contribution in [3.05, 3.63) is 58.1 Å². The summed E-state index contributed by atoms with van der Waals surface area (Å²) >= 11 is 1.60. The van der Waals surface area contributed by atoms with E-state index in [-0.39, 0.29) is 11.9 Å². The van der Waals surface area contributed by atoms with Crippen molar-refractivity contribution >= 4 is 23.3 Å². The van der Waals surface area contributed by atoms with Gasteiger partial charge in [0.2, 0.25) is 5.91 Å². The third kappa shape index (κ3) is 5.03. The minimum Gasteiger partial charge on any atom is -0.332 e. The van der Waals surface area contributed by atoms with Crippen molar-refractivity contribution in [1.29, 1.82) is 0 Å². The Morgan fingerprint density at radius 2 is 2.04 bits per heavy atom. The lowest BCUT2D eigenvalue weighted by atomic mass is 10.0. The normalized spacial score (nSPS) is 12.5. The highest BCUT2D eigenvalue weighted by Gasteiger charge is 2.21. The third-order valence-electron chi connectivity index (χ3n) is 4.02. The van der Waals surface area contributed by atoms with Crippen LogP contribution in [0.15, 0.2) is 41.8 Å². The molecule has 1 unspecified atom stereocenters. The number of carbonyl (C=O) groups is 1. The van der Waals surface area contributed by atoms with Gasteiger partial charge in [0.05, 0.1) is 16.7 Å². The first-order valence-corrected chi connectivity index (χ1v) is 9.49. The average Bonchev–Trinajstić information content (AvgIpc) is 3.02. The molecule has 1 amide bonds. The van der Waals surface area contributed by atoms with Gasteiger partial charge in [-0.2, -0.15) is 0 Å². The van der Waals surface area contributed by atoms with E-state index in [0.717, 1.165) is 36.5 Å². The molecule has 0 bridgehead atoms. The Bertz CT molecular complexity index is 663. The first kappa shape index (κ1) is 18.4. The number of nitrogens with zero attached hydrogens (tertiary/aromatic N) is 2. The first-order chi connectivity index (χ1) is 11.7. The van der Waals surface area contributed by atoms with Gasteiger partial charge in [-0.05, 0) is 31.4 Å². The molecule has 3 nitrogen and oxygen atoms in total. The molecule has 24 heavy (non-hydrogen) atoms. The summed E-state index contributed by atoms with van der Waals surface area (Å²) in [4.78, 5) is 19.2. The molecule has 4 heteroatoms. The van der Waals surface area contributed by atoms with E-state index >= 15 is 0 Å². The van der Waals surface area contributed by atoms with Gasteiger partial charge in [-0.3, -0.25) is 4.79 Å². The van der Waals surface area contributed by atoms with Crippen LogP contribution in [0.5, 0.6) is 0 Å². The number of hydrogen-bond donors (Lipinski definition) is 0. The van der Waals surface area contributed by atoms with Gasteiger partial charge < -0.3 is 4.90 Å². The van der Waals surface area contributed by atoms with Crippen LogP contribution < -0.4 is 0 Å². The fourth-order valence-electron chi connectivity index (χ4n) is 2.77. The van der Waals surface area contributed by atoms with E-state index < -0.39 is 0 Å². The lowest BCUT2D eigenvalue weighted by Gasteiger charge is -2.31. The van der Waals surface area contributed by atoms with Crippen LogP contribution in [0.4, 0.5) is 0 Å². The Balaban J connectivity index is 2.19. The van der Waals surface area contributed by atoms with Crippen LogP contribution in [0.25, 0.3) is 6.08 Å². The van der Waals surface area contributed by atoms with E-state index in [1.807, 2.05) is 41.5 Å². The molecule has 2 aromatic rings. The van der Waals surface area contributed by atoms with Crippen molar-refractivity contribution in [2.45, 2.75) is 46.1 Å². The Morgan fingerprint density at radius 1 is 1.29 bits per heavy atom. The van der Waals surface area contributed by atoms with Gasteiger partial charge in [-0.1, -0.05) is 50.6 Å². The second-order valence-corrected chi connectivity index (χ2v) is 6.91. The monoisotopic (exact) mass is 342 g/mol. The average molecular weight is 343 g/mol. The van der Waals surface area contributed by atoms with Crippen molar-refractivity contribution in [3.8, 4) is 0 Å². The van der Waals surface area contributed by atoms with E-state index in [2.05, 4.69) is 31.0 Å². The Labute approximate surface area is 149 Å². The molecule has 0 saturated heterocycles. The summed E-state index contributed by atoms with van der Waals surface area (Å²) in [7, 11) is 0. The quantitative estimate of drug-likeness (QED) is 0.614. The largest absolute Gasteiger partial charge is 0.332 e. The molecule has 1 heterocycles. The van der Waals surface area contributed by atoms with Crippen LogP contribution in [0.2, 0.25) is 0 Å². The number of aromatic nitrogens is 1. The molecule has 2 rings (SSSR count). The second-order valence-electron chi connectivity index (χ2n) is 5.84. The zero-order chi connectivity index (χ0) is 17.4. The lowest BCUT2D eigenvalue weighted by molar-refractivity contribution is -0.128. The fourth-order valence-corrected chi connectivity index (χ4v) is 3.35. The molecule has 1 aromatic heterocycles. The van der Waals surface area contributed by atoms with Crippen molar-refractivity contribution in [3.63, 3.8) is 0 Å². The van der Waals surface area contributed by atoms with Crippen LogP contribution in [0, 0.1) is 6.92 Å².